The molecule has 1 aliphatic carbocycles. The Kier molecular flexibility index (Phi) is 11.2. The molecule has 1 aliphatic rings. The fraction of sp³-hybridized carbons (Fsp3) is 0.400. The van der Waals surface area contributed by atoms with Gasteiger partial charge in [0.05, 0.1) is 18.5 Å². The number of rotatable bonds is 15. The number of hydrogen-bond acceptors (Lipinski definition) is 5. The Bertz CT molecular complexity index is 1260. The molecule has 3 aromatic rings. The monoisotopic (exact) mass is 558 g/mol. The summed E-state index contributed by atoms with van der Waals surface area (Å²) in [6.07, 6.45) is 6.26. The Labute approximate surface area is 244 Å². The predicted molar refractivity (Wildman–Crippen MR) is 166 cm³/mol. The molecule has 1 atom stereocenters. The third-order valence-electron chi connectivity index (χ3n) is 7.14. The number of hydrogen-bond donors (Lipinski definition) is 0. The molecule has 40 heavy (non-hydrogen) atoms. The maximum Gasteiger partial charge on any atom is 0.153 e. The summed E-state index contributed by atoms with van der Waals surface area (Å²) >= 11 is 1.72. The maximum absolute atomic E-state index is 13.0. The molecule has 5 heteroatoms. The first-order chi connectivity index (χ1) is 19.5. The van der Waals surface area contributed by atoms with Gasteiger partial charge < -0.3 is 14.2 Å². The summed E-state index contributed by atoms with van der Waals surface area (Å²) in [6.45, 7) is 9.40. The van der Waals surface area contributed by atoms with Crippen LogP contribution in [0.2, 0.25) is 0 Å². The number of ether oxygens (including phenoxy) is 3. The van der Waals surface area contributed by atoms with Gasteiger partial charge in [0.15, 0.2) is 5.78 Å². The molecule has 1 unspecified atom stereocenters. The van der Waals surface area contributed by atoms with Gasteiger partial charge in [-0.15, -0.1) is 11.8 Å². The number of carbonyl (C=O) groups excluding carboxylic acids is 1. The molecule has 0 amide bonds. The van der Waals surface area contributed by atoms with E-state index in [4.69, 9.17) is 14.2 Å². The second kappa shape index (κ2) is 15.0. The smallest absolute Gasteiger partial charge is 0.153 e. The number of ketones is 1. The van der Waals surface area contributed by atoms with E-state index in [1.54, 1.807) is 11.8 Å². The second-order valence-electron chi connectivity index (χ2n) is 10.6. The zero-order chi connectivity index (χ0) is 28.3. The molecule has 1 saturated carbocycles. The first kappa shape index (κ1) is 29.8. The van der Waals surface area contributed by atoms with Crippen LogP contribution in [0.3, 0.4) is 0 Å². The molecule has 212 valence electrons. The standard InChI is InChI=1S/C35H42O4S/c1-5-12-31-32(17-10-18-33(31)39-30-15-7-6-8-16-30)38-24-11-23-37-29-21-19-28(20-22-29)35(34(36)25(2)3)40-26(4)27-13-9-14-27/h6-8,10,15-22,25,35H,5,9,11-14,23-24H2,1-4H3. The van der Waals surface area contributed by atoms with Gasteiger partial charge >= 0.3 is 0 Å². The molecule has 0 bridgehead atoms. The molecule has 1 fully saturated rings. The average Bonchev–Trinajstić information content (AvgIpc) is 2.93. The molecule has 4 nitrogen and oxygen atoms in total. The minimum atomic E-state index is -0.172. The van der Waals surface area contributed by atoms with Crippen molar-refractivity contribution in [3.05, 3.63) is 94.4 Å². The number of allylic oxidation sites excluding steroid dienone is 2. The normalized spacial score (nSPS) is 13.5. The molecule has 0 N–H and O–H groups in total. The van der Waals surface area contributed by atoms with Crippen molar-refractivity contribution in [3.63, 3.8) is 0 Å². The third-order valence-corrected chi connectivity index (χ3v) is 8.52. The van der Waals surface area contributed by atoms with Gasteiger partial charge in [0, 0.05) is 17.9 Å². The van der Waals surface area contributed by atoms with Crippen LogP contribution >= 0.6 is 11.8 Å². The molecule has 0 saturated heterocycles. The van der Waals surface area contributed by atoms with E-state index in [0.29, 0.717) is 13.2 Å². The summed E-state index contributed by atoms with van der Waals surface area (Å²) in [5, 5.41) is -0.172. The van der Waals surface area contributed by atoms with Crippen molar-refractivity contribution in [2.24, 2.45) is 5.92 Å². The van der Waals surface area contributed by atoms with Crippen molar-refractivity contribution in [1.82, 2.24) is 0 Å². The number of Topliss-reactive ketones (excluding diaryl/α,β-unsaturated/α-hetero) is 1. The van der Waals surface area contributed by atoms with Crippen molar-refractivity contribution in [2.75, 3.05) is 13.2 Å². The highest BCUT2D eigenvalue weighted by atomic mass is 32.2. The highest BCUT2D eigenvalue weighted by molar-refractivity contribution is 8.03. The average molecular weight is 559 g/mol. The van der Waals surface area contributed by atoms with Crippen LogP contribution in [-0.4, -0.2) is 19.0 Å². The van der Waals surface area contributed by atoms with Crippen molar-refractivity contribution in [2.45, 2.75) is 71.5 Å². The van der Waals surface area contributed by atoms with Crippen LogP contribution in [0.1, 0.15) is 76.2 Å². The molecule has 0 aromatic heterocycles. The largest absolute Gasteiger partial charge is 0.493 e. The Balaban J connectivity index is 1.30. The summed E-state index contributed by atoms with van der Waals surface area (Å²) in [5.41, 5.74) is 3.64. The van der Waals surface area contributed by atoms with Gasteiger partial charge in [0.2, 0.25) is 0 Å². The van der Waals surface area contributed by atoms with Crippen LogP contribution in [0.4, 0.5) is 0 Å². The lowest BCUT2D eigenvalue weighted by Gasteiger charge is -2.24. The summed E-state index contributed by atoms with van der Waals surface area (Å²) in [6, 6.07) is 23.9. The first-order valence-electron chi connectivity index (χ1n) is 14.6. The molecular weight excluding hydrogens is 516 g/mol. The van der Waals surface area contributed by atoms with Crippen LogP contribution in [0.15, 0.2) is 83.3 Å². The molecular formula is C35H42O4S. The van der Waals surface area contributed by atoms with Crippen LogP contribution in [0.25, 0.3) is 0 Å². The van der Waals surface area contributed by atoms with Gasteiger partial charge in [-0.25, -0.2) is 0 Å². The van der Waals surface area contributed by atoms with Crippen LogP contribution < -0.4 is 14.2 Å². The quantitative estimate of drug-likeness (QED) is 0.174. The highest BCUT2D eigenvalue weighted by Crippen LogP contribution is 2.42. The fourth-order valence-electron chi connectivity index (χ4n) is 4.62. The van der Waals surface area contributed by atoms with Gasteiger partial charge in [-0.05, 0) is 79.5 Å². The topological polar surface area (TPSA) is 44.8 Å². The van der Waals surface area contributed by atoms with Crippen molar-refractivity contribution < 1.29 is 19.0 Å². The lowest BCUT2D eigenvalue weighted by molar-refractivity contribution is -0.121. The minimum absolute atomic E-state index is 0.00365. The molecule has 4 rings (SSSR count). The zero-order valence-corrected chi connectivity index (χ0v) is 25.1. The summed E-state index contributed by atoms with van der Waals surface area (Å²) < 4.78 is 18.3. The van der Waals surface area contributed by atoms with E-state index in [1.165, 1.54) is 29.7 Å². The van der Waals surface area contributed by atoms with Crippen LogP contribution in [0, 0.1) is 5.92 Å². The number of carbonyl (C=O) groups is 1. The van der Waals surface area contributed by atoms with E-state index in [1.807, 2.05) is 86.6 Å². The number of thioether (sulfide) groups is 1. The van der Waals surface area contributed by atoms with E-state index in [-0.39, 0.29) is 17.0 Å². The highest BCUT2D eigenvalue weighted by Gasteiger charge is 2.26. The molecule has 0 heterocycles. The van der Waals surface area contributed by atoms with Crippen molar-refractivity contribution >= 4 is 17.5 Å². The van der Waals surface area contributed by atoms with Crippen molar-refractivity contribution in [3.8, 4) is 23.0 Å². The van der Waals surface area contributed by atoms with Crippen LogP contribution in [0.5, 0.6) is 23.0 Å². The minimum Gasteiger partial charge on any atom is -0.493 e. The van der Waals surface area contributed by atoms with E-state index in [0.717, 1.165) is 53.4 Å². The SMILES string of the molecule is CCCc1c(OCCCOc2ccc(C(SC(C)=C3CCC3)C(=O)C(C)C)cc2)cccc1Oc1ccccc1. The Morgan fingerprint density at radius 3 is 2.20 bits per heavy atom. The van der Waals surface area contributed by atoms with E-state index in [9.17, 15) is 4.79 Å². The lowest BCUT2D eigenvalue weighted by atomic mass is 9.92. The molecule has 0 radical (unpaired) electrons. The fourth-order valence-corrected chi connectivity index (χ4v) is 6.02. The third kappa shape index (κ3) is 8.17. The van der Waals surface area contributed by atoms with E-state index < -0.39 is 0 Å². The Morgan fingerprint density at radius 1 is 0.850 bits per heavy atom. The van der Waals surface area contributed by atoms with E-state index in [2.05, 4.69) is 13.8 Å². The molecule has 0 spiro atoms. The van der Waals surface area contributed by atoms with Gasteiger partial charge in [-0.2, -0.15) is 0 Å². The summed E-state index contributed by atoms with van der Waals surface area (Å²) in [7, 11) is 0. The van der Waals surface area contributed by atoms with Crippen molar-refractivity contribution in [1.29, 1.82) is 0 Å². The Hall–Kier alpha value is -3.18. The first-order valence-corrected chi connectivity index (χ1v) is 15.4. The lowest BCUT2D eigenvalue weighted by Crippen LogP contribution is -2.16. The second-order valence-corrected chi connectivity index (χ2v) is 11.9. The number of para-hydroxylation sites is 1. The number of benzene rings is 3. The maximum atomic E-state index is 13.0. The van der Waals surface area contributed by atoms with Crippen LogP contribution in [-0.2, 0) is 11.2 Å². The zero-order valence-electron chi connectivity index (χ0n) is 24.3. The summed E-state index contributed by atoms with van der Waals surface area (Å²) in [5.74, 6) is 3.61. The van der Waals surface area contributed by atoms with Gasteiger partial charge in [0.1, 0.15) is 23.0 Å². The van der Waals surface area contributed by atoms with Gasteiger partial charge in [-0.3, -0.25) is 4.79 Å². The predicted octanol–water partition coefficient (Wildman–Crippen LogP) is 9.74. The molecule has 3 aromatic carbocycles. The summed E-state index contributed by atoms with van der Waals surface area (Å²) in [4.78, 5) is 14.3. The molecule has 0 aliphatic heterocycles. The van der Waals surface area contributed by atoms with Gasteiger partial charge in [-0.1, -0.05) is 69.2 Å². The van der Waals surface area contributed by atoms with Gasteiger partial charge in [0.25, 0.3) is 0 Å². The van der Waals surface area contributed by atoms with E-state index >= 15 is 0 Å². The Morgan fingerprint density at radius 2 is 1.55 bits per heavy atom.